The highest BCUT2D eigenvalue weighted by molar-refractivity contribution is 7.89. The van der Waals surface area contributed by atoms with Crippen LogP contribution in [-0.4, -0.2) is 49.2 Å². The van der Waals surface area contributed by atoms with E-state index in [2.05, 4.69) is 10.5 Å². The van der Waals surface area contributed by atoms with Gasteiger partial charge in [-0.15, -0.1) is 0 Å². The number of amides is 1. The molecule has 8 heteroatoms. The van der Waals surface area contributed by atoms with Crippen molar-refractivity contribution in [1.29, 1.82) is 0 Å². The zero-order chi connectivity index (χ0) is 15.5. The summed E-state index contributed by atoms with van der Waals surface area (Å²) in [4.78, 5) is 12.1. The second kappa shape index (κ2) is 6.57. The van der Waals surface area contributed by atoms with E-state index < -0.39 is 10.0 Å². The number of rotatable bonds is 6. The molecule has 1 saturated heterocycles. The molecule has 21 heavy (non-hydrogen) atoms. The molecule has 7 nitrogen and oxygen atoms in total. The molecular formula is C13H21N3O4S. The van der Waals surface area contributed by atoms with Gasteiger partial charge < -0.3 is 9.84 Å². The maximum Gasteiger partial charge on any atom is 0.256 e. The van der Waals surface area contributed by atoms with Gasteiger partial charge in [0.25, 0.3) is 5.91 Å². The molecule has 1 aliphatic rings. The number of carbonyl (C=O) groups is 1. The van der Waals surface area contributed by atoms with Crippen molar-refractivity contribution in [2.45, 2.75) is 33.1 Å². The standard InChI is InChI=1S/C13H21N3O4S/c1-3-11-12(10(2)20-15-11)13(17)14-6-9-21(18,19)16-7-4-5-8-16/h3-9H2,1-2H3,(H,14,17). The van der Waals surface area contributed by atoms with Gasteiger partial charge in [-0.05, 0) is 26.2 Å². The molecule has 0 aliphatic carbocycles. The van der Waals surface area contributed by atoms with Crippen molar-refractivity contribution in [2.75, 3.05) is 25.4 Å². The van der Waals surface area contributed by atoms with Crippen LogP contribution in [0.25, 0.3) is 0 Å². The average Bonchev–Trinajstić information content (AvgIpc) is 3.07. The largest absolute Gasteiger partial charge is 0.361 e. The first-order valence-electron chi connectivity index (χ1n) is 7.17. The number of hydrogen-bond acceptors (Lipinski definition) is 5. The van der Waals surface area contributed by atoms with E-state index in [4.69, 9.17) is 4.52 Å². The molecular weight excluding hydrogens is 294 g/mol. The van der Waals surface area contributed by atoms with Crippen molar-refractivity contribution in [3.63, 3.8) is 0 Å². The third kappa shape index (κ3) is 3.62. The van der Waals surface area contributed by atoms with Crippen molar-refractivity contribution >= 4 is 15.9 Å². The van der Waals surface area contributed by atoms with E-state index >= 15 is 0 Å². The molecule has 0 radical (unpaired) electrons. The van der Waals surface area contributed by atoms with Gasteiger partial charge in [-0.3, -0.25) is 4.79 Å². The minimum atomic E-state index is -3.27. The number of sulfonamides is 1. The molecule has 0 bridgehead atoms. The summed E-state index contributed by atoms with van der Waals surface area (Å²) in [7, 11) is -3.27. The normalized spacial score (nSPS) is 16.3. The zero-order valence-corrected chi connectivity index (χ0v) is 13.2. The van der Waals surface area contributed by atoms with E-state index in [0.29, 0.717) is 36.5 Å². The maximum absolute atomic E-state index is 12.1. The SMILES string of the molecule is CCc1noc(C)c1C(=O)NCCS(=O)(=O)N1CCCC1. The summed E-state index contributed by atoms with van der Waals surface area (Å²) in [6.07, 6.45) is 2.41. The van der Waals surface area contributed by atoms with Gasteiger partial charge in [0.1, 0.15) is 11.3 Å². The number of nitrogens with one attached hydrogen (secondary N) is 1. The molecule has 1 aliphatic heterocycles. The Kier molecular flexibility index (Phi) is 5.00. The Bertz CT molecular complexity index is 603. The first-order chi connectivity index (χ1) is 9.95. The van der Waals surface area contributed by atoms with Crippen molar-refractivity contribution in [3.8, 4) is 0 Å². The Hall–Kier alpha value is -1.41. The minimum absolute atomic E-state index is 0.0788. The summed E-state index contributed by atoms with van der Waals surface area (Å²) in [5, 5.41) is 6.45. The molecule has 0 spiro atoms. The average molecular weight is 315 g/mol. The lowest BCUT2D eigenvalue weighted by molar-refractivity contribution is 0.0954. The molecule has 0 saturated carbocycles. The summed E-state index contributed by atoms with van der Waals surface area (Å²) < 4.78 is 30.6. The van der Waals surface area contributed by atoms with Gasteiger partial charge in [0, 0.05) is 19.6 Å². The highest BCUT2D eigenvalue weighted by atomic mass is 32.2. The minimum Gasteiger partial charge on any atom is -0.361 e. The van der Waals surface area contributed by atoms with E-state index in [1.807, 2.05) is 6.92 Å². The van der Waals surface area contributed by atoms with E-state index in [1.54, 1.807) is 6.92 Å². The van der Waals surface area contributed by atoms with Crippen molar-refractivity contribution < 1.29 is 17.7 Å². The molecule has 1 aromatic rings. The van der Waals surface area contributed by atoms with Crippen LogP contribution in [0.5, 0.6) is 0 Å². The Morgan fingerprint density at radius 1 is 1.38 bits per heavy atom. The Morgan fingerprint density at radius 2 is 2.05 bits per heavy atom. The van der Waals surface area contributed by atoms with Crippen LogP contribution in [0.4, 0.5) is 0 Å². The first kappa shape index (κ1) is 16.0. The molecule has 118 valence electrons. The van der Waals surface area contributed by atoms with Crippen molar-refractivity contribution in [2.24, 2.45) is 0 Å². The molecule has 1 amide bonds. The van der Waals surface area contributed by atoms with Crippen LogP contribution in [-0.2, 0) is 16.4 Å². The van der Waals surface area contributed by atoms with Gasteiger partial charge in [0.15, 0.2) is 0 Å². The summed E-state index contributed by atoms with van der Waals surface area (Å²) in [6, 6.07) is 0. The summed E-state index contributed by atoms with van der Waals surface area (Å²) >= 11 is 0. The lowest BCUT2D eigenvalue weighted by Crippen LogP contribution is -2.36. The fraction of sp³-hybridized carbons (Fsp3) is 0.692. The van der Waals surface area contributed by atoms with Crippen LogP contribution in [0.2, 0.25) is 0 Å². The van der Waals surface area contributed by atoms with Gasteiger partial charge in [0.2, 0.25) is 10.0 Å². The van der Waals surface area contributed by atoms with Crippen LogP contribution in [0.3, 0.4) is 0 Å². The van der Waals surface area contributed by atoms with Crippen molar-refractivity contribution in [1.82, 2.24) is 14.8 Å². The fourth-order valence-electron chi connectivity index (χ4n) is 2.43. The van der Waals surface area contributed by atoms with Crippen LogP contribution >= 0.6 is 0 Å². The number of hydrogen-bond donors (Lipinski definition) is 1. The van der Waals surface area contributed by atoms with E-state index in [9.17, 15) is 13.2 Å². The molecule has 2 rings (SSSR count). The summed E-state index contributed by atoms with van der Waals surface area (Å²) in [6.45, 7) is 4.81. The van der Waals surface area contributed by atoms with Crippen LogP contribution in [0.1, 0.15) is 41.6 Å². The fourth-order valence-corrected chi connectivity index (χ4v) is 3.86. The Labute approximate surface area is 124 Å². The predicted molar refractivity (Wildman–Crippen MR) is 77.5 cm³/mol. The van der Waals surface area contributed by atoms with E-state index in [1.165, 1.54) is 4.31 Å². The molecule has 2 heterocycles. The van der Waals surface area contributed by atoms with Crippen LogP contribution in [0, 0.1) is 6.92 Å². The predicted octanol–water partition coefficient (Wildman–Crippen LogP) is 0.701. The Morgan fingerprint density at radius 3 is 2.67 bits per heavy atom. The van der Waals surface area contributed by atoms with E-state index in [0.717, 1.165) is 12.8 Å². The number of nitrogens with zero attached hydrogens (tertiary/aromatic N) is 2. The topological polar surface area (TPSA) is 92.5 Å². The number of aryl methyl sites for hydroxylation is 2. The Balaban J connectivity index is 1.91. The quantitative estimate of drug-likeness (QED) is 0.834. The third-order valence-corrected chi connectivity index (χ3v) is 5.47. The highest BCUT2D eigenvalue weighted by Crippen LogP contribution is 2.14. The second-order valence-corrected chi connectivity index (χ2v) is 7.18. The van der Waals surface area contributed by atoms with Gasteiger partial charge in [0.05, 0.1) is 11.4 Å². The van der Waals surface area contributed by atoms with Gasteiger partial charge >= 0.3 is 0 Å². The molecule has 0 aromatic carbocycles. The lowest BCUT2D eigenvalue weighted by atomic mass is 10.1. The maximum atomic E-state index is 12.1. The molecule has 1 fully saturated rings. The summed E-state index contributed by atoms with van der Waals surface area (Å²) in [5.74, 6) is 0.0406. The monoisotopic (exact) mass is 315 g/mol. The number of carbonyl (C=O) groups excluding carboxylic acids is 1. The van der Waals surface area contributed by atoms with E-state index in [-0.39, 0.29) is 18.2 Å². The van der Waals surface area contributed by atoms with Gasteiger partial charge in [-0.2, -0.15) is 0 Å². The zero-order valence-electron chi connectivity index (χ0n) is 12.4. The van der Waals surface area contributed by atoms with Crippen LogP contribution in [0.15, 0.2) is 4.52 Å². The van der Waals surface area contributed by atoms with Crippen molar-refractivity contribution in [3.05, 3.63) is 17.0 Å². The van der Waals surface area contributed by atoms with Crippen LogP contribution < -0.4 is 5.32 Å². The molecule has 1 N–H and O–H groups in total. The third-order valence-electron chi connectivity index (χ3n) is 3.60. The van der Waals surface area contributed by atoms with Gasteiger partial charge in [-0.25, -0.2) is 12.7 Å². The smallest absolute Gasteiger partial charge is 0.256 e. The highest BCUT2D eigenvalue weighted by Gasteiger charge is 2.25. The molecule has 0 atom stereocenters. The van der Waals surface area contributed by atoms with Gasteiger partial charge in [-0.1, -0.05) is 12.1 Å². The molecule has 1 aromatic heterocycles. The summed E-state index contributed by atoms with van der Waals surface area (Å²) in [5.41, 5.74) is 1.00. The first-order valence-corrected chi connectivity index (χ1v) is 8.77. The number of aromatic nitrogens is 1. The molecule has 0 unspecified atom stereocenters. The second-order valence-electron chi connectivity index (χ2n) is 5.09. The lowest BCUT2D eigenvalue weighted by Gasteiger charge is -2.15.